The van der Waals surface area contributed by atoms with E-state index in [0.717, 1.165) is 17.0 Å². The van der Waals surface area contributed by atoms with E-state index >= 15 is 4.39 Å². The third kappa shape index (κ3) is 4.50. The number of rotatable bonds is 7. The molecule has 3 atom stereocenters. The number of likely N-dealkylation sites (tertiary alicyclic amines) is 1. The van der Waals surface area contributed by atoms with Crippen molar-refractivity contribution in [1.29, 1.82) is 0 Å². The van der Waals surface area contributed by atoms with E-state index in [2.05, 4.69) is 9.44 Å². The molecule has 1 amide bonds. The molecular weight excluding hydrogens is 446 g/mol. The van der Waals surface area contributed by atoms with E-state index < -0.39 is 48.2 Å². The molecule has 172 valence electrons. The maximum Gasteiger partial charge on any atom is 0.283 e. The third-order valence-electron chi connectivity index (χ3n) is 5.81. The monoisotopic (exact) mass is 469 g/mol. The van der Waals surface area contributed by atoms with Crippen LogP contribution in [-0.2, 0) is 16.0 Å². The molecule has 10 heteroatoms. The Labute approximate surface area is 187 Å². The normalized spacial score (nSPS) is 24.4. The van der Waals surface area contributed by atoms with Gasteiger partial charge in [-0.05, 0) is 36.7 Å². The summed E-state index contributed by atoms with van der Waals surface area (Å²) in [6.45, 7) is -0.365. The Morgan fingerprint density at radius 3 is 2.66 bits per heavy atom. The Morgan fingerprint density at radius 1 is 1.25 bits per heavy atom. The van der Waals surface area contributed by atoms with Crippen LogP contribution in [0.15, 0.2) is 42.5 Å². The third-order valence-corrected chi connectivity index (χ3v) is 6.39. The van der Waals surface area contributed by atoms with E-state index in [4.69, 9.17) is 4.74 Å². The molecule has 0 aromatic heterocycles. The number of nitrogens with one attached hydrogen (secondary N) is 2. The van der Waals surface area contributed by atoms with Gasteiger partial charge in [-0.3, -0.25) is 9.52 Å². The molecule has 2 aromatic rings. The number of carbonyl (C=O) groups is 1. The minimum absolute atomic E-state index is 0.134. The summed E-state index contributed by atoms with van der Waals surface area (Å²) >= 11 is 0.885. The Kier molecular flexibility index (Phi) is 6.75. The van der Waals surface area contributed by atoms with Crippen LogP contribution < -0.4 is 9.44 Å². The first-order chi connectivity index (χ1) is 15.3. The van der Waals surface area contributed by atoms with Crippen LogP contribution in [0.5, 0.6) is 0 Å². The van der Waals surface area contributed by atoms with Crippen molar-refractivity contribution in [2.75, 3.05) is 20.2 Å². The maximum absolute atomic E-state index is 15.4. The van der Waals surface area contributed by atoms with Crippen LogP contribution in [0.1, 0.15) is 12.0 Å². The second kappa shape index (κ2) is 9.38. The molecule has 2 aliphatic rings. The number of carbonyl (C=O) groups excluding carboxylic acids is 1. The highest BCUT2D eigenvalue weighted by Crippen LogP contribution is 2.37. The molecule has 0 bridgehead atoms. The molecule has 32 heavy (non-hydrogen) atoms. The second-order valence-corrected chi connectivity index (χ2v) is 8.69. The molecule has 0 radical (unpaired) electrons. The van der Waals surface area contributed by atoms with Gasteiger partial charge in [-0.15, -0.1) is 0 Å². The number of nitrogens with zero attached hydrogens (tertiary/aromatic N) is 1. The number of hydrogen-bond acceptors (Lipinski definition) is 5. The van der Waals surface area contributed by atoms with Crippen LogP contribution in [0.4, 0.5) is 17.6 Å². The first kappa shape index (κ1) is 23.0. The topological polar surface area (TPSA) is 53.6 Å². The lowest BCUT2D eigenvalue weighted by Crippen LogP contribution is -2.52. The molecule has 4 rings (SSSR count). The standard InChI is InChI=1S/C22H23F4N3O2S/c1-27-32-28-20-17(29(12-22(20,25)26)21(30)18-8-9-31-18)11-14-5-3-7-16(19(14)24)13-4-2-6-15(23)10-13/h2-7,10,17-18,20,27-28H,8-9,11-12H2,1H3/t17-,18+,20+/m0/s1. The zero-order chi connectivity index (χ0) is 22.9. The molecule has 2 saturated heterocycles. The van der Waals surface area contributed by atoms with Gasteiger partial charge in [0.25, 0.3) is 11.8 Å². The van der Waals surface area contributed by atoms with Gasteiger partial charge in [-0.1, -0.05) is 30.3 Å². The highest BCUT2D eigenvalue weighted by Gasteiger charge is 2.57. The summed E-state index contributed by atoms with van der Waals surface area (Å²) in [5.41, 5.74) is 0.682. The highest BCUT2D eigenvalue weighted by atomic mass is 32.2. The van der Waals surface area contributed by atoms with Crippen molar-refractivity contribution in [3.05, 3.63) is 59.7 Å². The van der Waals surface area contributed by atoms with Crippen LogP contribution in [0.25, 0.3) is 11.1 Å². The summed E-state index contributed by atoms with van der Waals surface area (Å²) in [6.07, 6.45) is -0.404. The van der Waals surface area contributed by atoms with Gasteiger partial charge in [-0.25, -0.2) is 22.3 Å². The van der Waals surface area contributed by atoms with Crippen molar-refractivity contribution in [2.24, 2.45) is 0 Å². The van der Waals surface area contributed by atoms with Crippen molar-refractivity contribution in [2.45, 2.75) is 37.0 Å². The fourth-order valence-electron chi connectivity index (χ4n) is 4.12. The van der Waals surface area contributed by atoms with Crippen LogP contribution in [0.3, 0.4) is 0 Å². The fourth-order valence-corrected chi connectivity index (χ4v) is 4.69. The van der Waals surface area contributed by atoms with E-state index in [0.29, 0.717) is 18.6 Å². The Bertz CT molecular complexity index is 989. The van der Waals surface area contributed by atoms with Gasteiger partial charge in [0.15, 0.2) is 0 Å². The van der Waals surface area contributed by atoms with Crippen molar-refractivity contribution < 1.29 is 27.1 Å². The summed E-state index contributed by atoms with van der Waals surface area (Å²) < 4.78 is 69.4. The van der Waals surface area contributed by atoms with Crippen LogP contribution in [-0.4, -0.2) is 55.1 Å². The molecule has 0 aliphatic carbocycles. The fraction of sp³-hybridized carbons (Fsp3) is 0.409. The molecule has 2 aromatic carbocycles. The van der Waals surface area contributed by atoms with Crippen molar-refractivity contribution >= 4 is 18.0 Å². The first-order valence-electron chi connectivity index (χ1n) is 10.2. The summed E-state index contributed by atoms with van der Waals surface area (Å²) in [5.74, 6) is -4.86. The highest BCUT2D eigenvalue weighted by molar-refractivity contribution is 7.95. The first-order valence-corrected chi connectivity index (χ1v) is 11.0. The number of alkyl halides is 2. The van der Waals surface area contributed by atoms with Crippen molar-refractivity contribution in [1.82, 2.24) is 14.3 Å². The molecule has 2 heterocycles. The van der Waals surface area contributed by atoms with E-state index in [1.165, 1.54) is 30.3 Å². The largest absolute Gasteiger partial charge is 0.368 e. The van der Waals surface area contributed by atoms with Gasteiger partial charge in [0.1, 0.15) is 23.8 Å². The Morgan fingerprint density at radius 2 is 2.00 bits per heavy atom. The number of ether oxygens (including phenoxy) is 1. The van der Waals surface area contributed by atoms with E-state index in [1.807, 2.05) is 0 Å². The van der Waals surface area contributed by atoms with Crippen LogP contribution in [0.2, 0.25) is 0 Å². The summed E-state index contributed by atoms with van der Waals surface area (Å²) in [4.78, 5) is 13.9. The zero-order valence-corrected chi connectivity index (χ0v) is 18.1. The van der Waals surface area contributed by atoms with Crippen molar-refractivity contribution in [3.8, 4) is 11.1 Å². The van der Waals surface area contributed by atoms with Crippen LogP contribution in [0, 0.1) is 11.6 Å². The number of halogens is 4. The van der Waals surface area contributed by atoms with Crippen LogP contribution >= 0.6 is 12.1 Å². The predicted molar refractivity (Wildman–Crippen MR) is 114 cm³/mol. The lowest BCUT2D eigenvalue weighted by Gasteiger charge is -2.34. The van der Waals surface area contributed by atoms with Gasteiger partial charge >= 0.3 is 0 Å². The van der Waals surface area contributed by atoms with Gasteiger partial charge < -0.3 is 9.64 Å². The lowest BCUT2D eigenvalue weighted by atomic mass is 9.95. The second-order valence-electron chi connectivity index (χ2n) is 7.84. The minimum atomic E-state index is -3.22. The molecule has 2 fully saturated rings. The smallest absolute Gasteiger partial charge is 0.283 e. The average molecular weight is 470 g/mol. The zero-order valence-electron chi connectivity index (χ0n) is 17.3. The average Bonchev–Trinajstić information content (AvgIpc) is 2.96. The molecule has 0 unspecified atom stereocenters. The number of hydrogen-bond donors (Lipinski definition) is 2. The minimum Gasteiger partial charge on any atom is -0.368 e. The summed E-state index contributed by atoms with van der Waals surface area (Å²) in [6, 6.07) is 7.72. The number of benzene rings is 2. The summed E-state index contributed by atoms with van der Waals surface area (Å²) in [5, 5.41) is 0. The molecule has 5 nitrogen and oxygen atoms in total. The van der Waals surface area contributed by atoms with E-state index in [-0.39, 0.29) is 17.5 Å². The quantitative estimate of drug-likeness (QED) is 0.480. The molecule has 0 spiro atoms. The van der Waals surface area contributed by atoms with E-state index in [9.17, 15) is 18.0 Å². The van der Waals surface area contributed by atoms with Gasteiger partial charge in [0, 0.05) is 24.1 Å². The predicted octanol–water partition coefficient (Wildman–Crippen LogP) is 3.55. The summed E-state index contributed by atoms with van der Waals surface area (Å²) in [7, 11) is 1.58. The molecule has 0 saturated carbocycles. The Balaban J connectivity index is 1.67. The van der Waals surface area contributed by atoms with Gasteiger partial charge in [-0.2, -0.15) is 0 Å². The molecule has 2 N–H and O–H groups in total. The lowest BCUT2D eigenvalue weighted by molar-refractivity contribution is -0.158. The SMILES string of the molecule is CNSN[C@@H]1[C@H](Cc2cccc(-c3cccc(F)c3)c2F)N(C(=O)[C@H]2CCO2)CC1(F)F. The molecule has 2 aliphatic heterocycles. The van der Waals surface area contributed by atoms with Gasteiger partial charge in [0.2, 0.25) is 0 Å². The van der Waals surface area contributed by atoms with Crippen molar-refractivity contribution in [3.63, 3.8) is 0 Å². The van der Waals surface area contributed by atoms with Gasteiger partial charge in [0.05, 0.1) is 19.2 Å². The maximum atomic E-state index is 15.4. The number of amides is 1. The Hall–Kier alpha value is -2.14. The van der Waals surface area contributed by atoms with E-state index in [1.54, 1.807) is 19.2 Å². The molecular formula is C22H23F4N3O2S.